The highest BCUT2D eigenvalue weighted by Gasteiger charge is 2.34. The average molecular weight is 549 g/mol. The number of ether oxygens (including phenoxy) is 1. The molecule has 5 nitrogen and oxygen atoms in total. The van der Waals surface area contributed by atoms with Crippen molar-refractivity contribution in [3.05, 3.63) is 69.2 Å². The zero-order chi connectivity index (χ0) is 25.7. The third-order valence-corrected chi connectivity index (χ3v) is 6.62. The molecule has 1 aliphatic heterocycles. The second-order valence-electron chi connectivity index (χ2n) is 7.79. The summed E-state index contributed by atoms with van der Waals surface area (Å²) >= 11 is 19.0. The predicted molar refractivity (Wildman–Crippen MR) is 143 cm³/mol. The van der Waals surface area contributed by atoms with Crippen molar-refractivity contribution >= 4 is 58.4 Å². The molecule has 2 aromatic carbocycles. The SMILES string of the molecule is CC(=O)O.CC[C@@H](CSC(C)C)N1C(=O)COC[C@H]1c1ccc(Cl)cc1.Clc1cccc(Cl)c1. The Morgan fingerprint density at radius 3 is 2.12 bits per heavy atom. The van der Waals surface area contributed by atoms with Crippen molar-refractivity contribution in [1.82, 2.24) is 4.90 Å². The van der Waals surface area contributed by atoms with Crippen molar-refractivity contribution in [2.24, 2.45) is 0 Å². The summed E-state index contributed by atoms with van der Waals surface area (Å²) in [4.78, 5) is 23.5. The Morgan fingerprint density at radius 1 is 1.12 bits per heavy atom. The van der Waals surface area contributed by atoms with E-state index in [9.17, 15) is 4.79 Å². The Hall–Kier alpha value is -1.44. The lowest BCUT2D eigenvalue weighted by atomic mass is 10.0. The number of thioether (sulfide) groups is 1. The Labute approximate surface area is 221 Å². The highest BCUT2D eigenvalue weighted by Crippen LogP contribution is 2.30. The molecule has 1 aliphatic rings. The van der Waals surface area contributed by atoms with Gasteiger partial charge in [-0.1, -0.05) is 73.8 Å². The number of halogens is 3. The number of hydrogen-bond donors (Lipinski definition) is 1. The fourth-order valence-electron chi connectivity index (χ4n) is 3.14. The van der Waals surface area contributed by atoms with Crippen LogP contribution in [0.15, 0.2) is 48.5 Å². The van der Waals surface area contributed by atoms with E-state index in [0.29, 0.717) is 26.9 Å². The summed E-state index contributed by atoms with van der Waals surface area (Å²) in [6.45, 7) is 8.35. The minimum absolute atomic E-state index is 0.0174. The number of carbonyl (C=O) groups is 2. The van der Waals surface area contributed by atoms with Crippen LogP contribution in [0, 0.1) is 0 Å². The summed E-state index contributed by atoms with van der Waals surface area (Å²) in [5, 5.41) is 10.1. The molecule has 9 heteroatoms. The van der Waals surface area contributed by atoms with Gasteiger partial charge in [0.05, 0.1) is 12.6 Å². The van der Waals surface area contributed by atoms with Crippen LogP contribution in [0.25, 0.3) is 0 Å². The molecule has 0 spiro atoms. The maximum atomic E-state index is 12.5. The number of aliphatic carboxylic acids is 1. The van der Waals surface area contributed by atoms with Crippen molar-refractivity contribution < 1.29 is 19.4 Å². The predicted octanol–water partition coefficient (Wildman–Crippen LogP) is 7.24. The van der Waals surface area contributed by atoms with E-state index >= 15 is 0 Å². The van der Waals surface area contributed by atoms with E-state index in [1.165, 1.54) is 0 Å². The van der Waals surface area contributed by atoms with E-state index in [1.807, 2.05) is 47.0 Å². The summed E-state index contributed by atoms with van der Waals surface area (Å²) in [6.07, 6.45) is 0.954. The zero-order valence-electron chi connectivity index (χ0n) is 19.8. The highest BCUT2D eigenvalue weighted by molar-refractivity contribution is 7.99. The molecule has 1 amide bonds. The number of rotatable bonds is 6. The van der Waals surface area contributed by atoms with Crippen LogP contribution < -0.4 is 0 Å². The molecule has 2 aromatic rings. The molecule has 3 rings (SSSR count). The van der Waals surface area contributed by atoms with Gasteiger partial charge in [0.15, 0.2) is 0 Å². The second kappa shape index (κ2) is 16.3. The maximum Gasteiger partial charge on any atom is 0.300 e. The van der Waals surface area contributed by atoms with Crippen LogP contribution in [0.4, 0.5) is 0 Å². The van der Waals surface area contributed by atoms with E-state index in [1.54, 1.807) is 18.2 Å². The number of carboxylic acid groups (broad SMARTS) is 1. The molecule has 0 bridgehead atoms. The fraction of sp³-hybridized carbons (Fsp3) is 0.440. The molecule has 0 radical (unpaired) electrons. The quantitative estimate of drug-likeness (QED) is 0.412. The minimum Gasteiger partial charge on any atom is -0.481 e. The van der Waals surface area contributed by atoms with Crippen molar-refractivity contribution in [3.63, 3.8) is 0 Å². The summed E-state index contributed by atoms with van der Waals surface area (Å²) in [5.74, 6) is 0.215. The number of nitrogens with zero attached hydrogens (tertiary/aromatic N) is 1. The van der Waals surface area contributed by atoms with Crippen molar-refractivity contribution in [1.29, 1.82) is 0 Å². The van der Waals surface area contributed by atoms with Crippen molar-refractivity contribution in [3.8, 4) is 0 Å². The van der Waals surface area contributed by atoms with Gasteiger partial charge in [-0.15, -0.1) is 0 Å². The lowest BCUT2D eigenvalue weighted by Crippen LogP contribution is -2.50. The summed E-state index contributed by atoms with van der Waals surface area (Å²) in [6, 6.07) is 15.0. The van der Waals surface area contributed by atoms with Crippen molar-refractivity contribution in [2.45, 2.75) is 51.4 Å². The molecule has 34 heavy (non-hydrogen) atoms. The molecule has 0 unspecified atom stereocenters. The Bertz CT molecular complexity index is 875. The van der Waals surface area contributed by atoms with Gasteiger partial charge in [0, 0.05) is 33.8 Å². The first-order valence-electron chi connectivity index (χ1n) is 10.9. The van der Waals surface area contributed by atoms with Crippen LogP contribution in [0.1, 0.15) is 45.7 Å². The standard InChI is InChI=1S/C17H24ClNO2S.C6H4Cl2.C2H4O2/c1-4-15(11-22-12(2)3)19-16(9-21-10-17(19)20)13-5-7-14(18)8-6-13;7-5-2-1-3-6(8)4-5;1-2(3)4/h5-8,12,15-16H,4,9-11H2,1-3H3;1-4H;1H3,(H,3,4)/t15-,16-;;/m0../s1. The molecular formula is C25H32Cl3NO4S. The van der Waals surface area contributed by atoms with Crippen LogP contribution in [0.5, 0.6) is 0 Å². The van der Waals surface area contributed by atoms with Gasteiger partial charge in [0.1, 0.15) is 6.61 Å². The molecule has 0 aromatic heterocycles. The van der Waals surface area contributed by atoms with E-state index < -0.39 is 5.97 Å². The molecule has 188 valence electrons. The maximum absolute atomic E-state index is 12.5. The van der Waals surface area contributed by atoms with Crippen molar-refractivity contribution in [2.75, 3.05) is 19.0 Å². The molecule has 1 heterocycles. The Balaban J connectivity index is 0.000000395. The third kappa shape index (κ3) is 11.8. The molecule has 2 atom stereocenters. The minimum atomic E-state index is -0.833. The summed E-state index contributed by atoms with van der Waals surface area (Å²) in [7, 11) is 0. The number of carbonyl (C=O) groups excluding carboxylic acids is 1. The van der Waals surface area contributed by atoms with Crippen LogP contribution in [0.2, 0.25) is 15.1 Å². The number of amides is 1. The van der Waals surface area contributed by atoms with Gasteiger partial charge >= 0.3 is 0 Å². The van der Waals surface area contributed by atoms with Gasteiger partial charge in [-0.2, -0.15) is 11.8 Å². The first kappa shape index (κ1) is 30.6. The molecule has 1 fully saturated rings. The largest absolute Gasteiger partial charge is 0.481 e. The number of hydrogen-bond acceptors (Lipinski definition) is 4. The Kier molecular flexibility index (Phi) is 14.6. The van der Waals surface area contributed by atoms with Gasteiger partial charge in [-0.05, 0) is 47.6 Å². The first-order chi connectivity index (χ1) is 16.0. The van der Waals surface area contributed by atoms with E-state index in [0.717, 1.165) is 24.7 Å². The average Bonchev–Trinajstić information content (AvgIpc) is 2.75. The first-order valence-corrected chi connectivity index (χ1v) is 13.1. The van der Waals surface area contributed by atoms with Crippen LogP contribution in [-0.4, -0.2) is 52.1 Å². The fourth-order valence-corrected chi connectivity index (χ4v) is 4.71. The Morgan fingerprint density at radius 2 is 1.68 bits per heavy atom. The monoisotopic (exact) mass is 547 g/mol. The molecule has 0 aliphatic carbocycles. The molecular weight excluding hydrogens is 517 g/mol. The van der Waals surface area contributed by atoms with E-state index in [4.69, 9.17) is 49.4 Å². The summed E-state index contributed by atoms with van der Waals surface area (Å²) in [5.41, 5.74) is 1.09. The van der Waals surface area contributed by atoms with E-state index in [2.05, 4.69) is 20.8 Å². The molecule has 1 saturated heterocycles. The smallest absolute Gasteiger partial charge is 0.300 e. The topological polar surface area (TPSA) is 66.8 Å². The van der Waals surface area contributed by atoms with Gasteiger partial charge in [-0.25, -0.2) is 0 Å². The van der Waals surface area contributed by atoms with Gasteiger partial charge in [0.25, 0.3) is 5.97 Å². The lowest BCUT2D eigenvalue weighted by Gasteiger charge is -2.41. The summed E-state index contributed by atoms with van der Waals surface area (Å²) < 4.78 is 5.50. The third-order valence-electron chi connectivity index (χ3n) is 4.65. The van der Waals surface area contributed by atoms with Crippen LogP contribution >= 0.6 is 46.6 Å². The molecule has 0 saturated carbocycles. The highest BCUT2D eigenvalue weighted by atomic mass is 35.5. The van der Waals surface area contributed by atoms with Gasteiger partial charge < -0.3 is 14.7 Å². The number of morpholine rings is 1. The normalized spacial score (nSPS) is 16.2. The van der Waals surface area contributed by atoms with Gasteiger partial charge in [-0.3, -0.25) is 9.59 Å². The lowest BCUT2D eigenvalue weighted by molar-refractivity contribution is -0.151. The molecule has 1 N–H and O–H groups in total. The zero-order valence-corrected chi connectivity index (χ0v) is 22.9. The van der Waals surface area contributed by atoms with Crippen LogP contribution in [-0.2, 0) is 14.3 Å². The second-order valence-corrected chi connectivity index (χ2v) is 10.7. The van der Waals surface area contributed by atoms with Gasteiger partial charge in [0.2, 0.25) is 5.91 Å². The number of benzene rings is 2. The van der Waals surface area contributed by atoms with Crippen LogP contribution in [0.3, 0.4) is 0 Å². The number of carboxylic acids is 1. The van der Waals surface area contributed by atoms with E-state index in [-0.39, 0.29) is 24.6 Å².